The fraction of sp³-hybridized carbons (Fsp3) is 0.222. The Balaban J connectivity index is 0.000000370. The number of halogens is 3. The number of aliphatic carboxylic acids is 1. The van der Waals surface area contributed by atoms with Gasteiger partial charge in [-0.15, -0.1) is 0 Å². The van der Waals surface area contributed by atoms with Crippen molar-refractivity contribution in [2.24, 2.45) is 0 Å². The minimum absolute atomic E-state index is 0.284. The predicted octanol–water partition coefficient (Wildman–Crippen LogP) is 3.67. The van der Waals surface area contributed by atoms with Crippen molar-refractivity contribution < 1.29 is 32.3 Å². The maximum atomic E-state index is 12.1. The molecule has 0 aliphatic carbocycles. The van der Waals surface area contributed by atoms with Gasteiger partial charge >= 0.3 is 12.1 Å². The van der Waals surface area contributed by atoms with Gasteiger partial charge in [0.25, 0.3) is 5.91 Å². The van der Waals surface area contributed by atoms with E-state index in [1.54, 1.807) is 13.3 Å². The number of carbonyl (C=O) groups is 2. The number of hydrogen-bond acceptors (Lipinski definition) is 5. The summed E-state index contributed by atoms with van der Waals surface area (Å²) in [6, 6.07) is 7.55. The third kappa shape index (κ3) is 5.43. The lowest BCUT2D eigenvalue weighted by molar-refractivity contribution is -0.192. The molecular formula is C18H17F3N4O4. The number of oxazole rings is 1. The zero-order chi connectivity index (χ0) is 21.8. The van der Waals surface area contributed by atoms with Crippen LogP contribution in [0.3, 0.4) is 0 Å². The lowest BCUT2D eigenvalue weighted by atomic mass is 10.2. The number of benzene rings is 1. The minimum atomic E-state index is -5.08. The number of aromatic nitrogens is 3. The molecule has 11 heteroatoms. The fourth-order valence-corrected chi connectivity index (χ4v) is 2.18. The van der Waals surface area contributed by atoms with E-state index in [0.29, 0.717) is 17.1 Å². The largest absolute Gasteiger partial charge is 0.490 e. The molecule has 0 bridgehead atoms. The van der Waals surface area contributed by atoms with Gasteiger partial charge in [0, 0.05) is 17.1 Å². The number of anilines is 1. The summed E-state index contributed by atoms with van der Waals surface area (Å²) in [5.41, 5.74) is 4.08. The number of rotatable bonds is 3. The van der Waals surface area contributed by atoms with Crippen molar-refractivity contribution in [2.45, 2.75) is 26.9 Å². The normalized spacial score (nSPS) is 10.8. The number of hydrogen-bond donors (Lipinski definition) is 2. The Morgan fingerprint density at radius 2 is 1.69 bits per heavy atom. The molecule has 2 N–H and O–H groups in total. The molecule has 0 atom stereocenters. The highest BCUT2D eigenvalue weighted by atomic mass is 19.4. The Bertz CT molecular complexity index is 1010. The molecule has 154 valence electrons. The van der Waals surface area contributed by atoms with Crippen LogP contribution in [0.4, 0.5) is 18.9 Å². The average molecular weight is 410 g/mol. The van der Waals surface area contributed by atoms with Gasteiger partial charge in [-0.1, -0.05) is 0 Å². The SMILES string of the molecule is Cc1ncn(-c2ccc(NC(=O)c3ncoc3C)cc2)c1C.O=C(O)C(F)(F)F. The Morgan fingerprint density at radius 1 is 1.10 bits per heavy atom. The third-order valence-corrected chi connectivity index (χ3v) is 3.86. The summed E-state index contributed by atoms with van der Waals surface area (Å²) in [7, 11) is 0. The maximum absolute atomic E-state index is 12.1. The second kappa shape index (κ2) is 8.59. The Labute approximate surface area is 163 Å². The number of amides is 1. The van der Waals surface area contributed by atoms with Gasteiger partial charge in [-0.25, -0.2) is 14.8 Å². The zero-order valence-electron chi connectivity index (χ0n) is 15.6. The van der Waals surface area contributed by atoms with Gasteiger partial charge in [0.2, 0.25) is 0 Å². The van der Waals surface area contributed by atoms with E-state index in [0.717, 1.165) is 17.1 Å². The molecule has 1 amide bonds. The van der Waals surface area contributed by atoms with Crippen molar-refractivity contribution in [3.63, 3.8) is 0 Å². The van der Waals surface area contributed by atoms with Crippen molar-refractivity contribution in [2.75, 3.05) is 5.32 Å². The number of carbonyl (C=O) groups excluding carboxylic acids is 1. The first-order valence-corrected chi connectivity index (χ1v) is 8.13. The van der Waals surface area contributed by atoms with Crippen molar-refractivity contribution in [1.82, 2.24) is 14.5 Å². The van der Waals surface area contributed by atoms with E-state index < -0.39 is 12.1 Å². The Hall–Kier alpha value is -3.63. The summed E-state index contributed by atoms with van der Waals surface area (Å²) in [6.07, 6.45) is -2.03. The van der Waals surface area contributed by atoms with E-state index >= 15 is 0 Å². The summed E-state index contributed by atoms with van der Waals surface area (Å²) in [5.74, 6) is -2.54. The van der Waals surface area contributed by atoms with E-state index in [9.17, 15) is 18.0 Å². The van der Waals surface area contributed by atoms with Crippen LogP contribution in [0.25, 0.3) is 5.69 Å². The van der Waals surface area contributed by atoms with Gasteiger partial charge in [-0.05, 0) is 45.0 Å². The number of nitrogens with one attached hydrogen (secondary N) is 1. The topological polar surface area (TPSA) is 110 Å². The fourth-order valence-electron chi connectivity index (χ4n) is 2.18. The van der Waals surface area contributed by atoms with Crippen LogP contribution >= 0.6 is 0 Å². The molecule has 0 saturated carbocycles. The quantitative estimate of drug-likeness (QED) is 0.682. The van der Waals surface area contributed by atoms with Gasteiger partial charge in [0.05, 0.1) is 12.0 Å². The Kier molecular flexibility index (Phi) is 6.42. The van der Waals surface area contributed by atoms with Crippen molar-refractivity contribution in [3.05, 3.63) is 59.8 Å². The first-order valence-electron chi connectivity index (χ1n) is 8.13. The first-order chi connectivity index (χ1) is 13.5. The van der Waals surface area contributed by atoms with Crippen LogP contribution in [0, 0.1) is 20.8 Å². The van der Waals surface area contributed by atoms with Crippen LogP contribution in [0.2, 0.25) is 0 Å². The summed E-state index contributed by atoms with van der Waals surface area (Å²) >= 11 is 0. The second-order valence-electron chi connectivity index (χ2n) is 5.85. The number of imidazole rings is 1. The van der Waals surface area contributed by atoms with E-state index in [1.807, 2.05) is 42.7 Å². The van der Waals surface area contributed by atoms with E-state index in [2.05, 4.69) is 15.3 Å². The van der Waals surface area contributed by atoms with Gasteiger partial charge in [0.1, 0.15) is 5.76 Å². The van der Waals surface area contributed by atoms with E-state index in [-0.39, 0.29) is 5.91 Å². The summed E-state index contributed by atoms with van der Waals surface area (Å²) in [4.78, 5) is 29.1. The molecular weight excluding hydrogens is 393 g/mol. The minimum Gasteiger partial charge on any atom is -0.475 e. The average Bonchev–Trinajstić information content (AvgIpc) is 3.22. The van der Waals surface area contributed by atoms with Crippen LogP contribution in [0.1, 0.15) is 27.6 Å². The molecule has 29 heavy (non-hydrogen) atoms. The number of nitrogens with zero attached hydrogens (tertiary/aromatic N) is 3. The monoisotopic (exact) mass is 410 g/mol. The highest BCUT2D eigenvalue weighted by Gasteiger charge is 2.38. The smallest absolute Gasteiger partial charge is 0.475 e. The standard InChI is InChI=1S/C16H16N4O2.C2HF3O2/c1-10-11(2)20(8-17-10)14-6-4-13(5-7-14)19-16(21)15-12(3)22-9-18-15;3-2(4,5)1(6)7/h4-9H,1-3H3,(H,19,21);(H,6,7). The highest BCUT2D eigenvalue weighted by molar-refractivity contribution is 6.03. The molecule has 0 aliphatic rings. The summed E-state index contributed by atoms with van der Waals surface area (Å²) in [5, 5.41) is 9.92. The highest BCUT2D eigenvalue weighted by Crippen LogP contribution is 2.17. The number of carboxylic acid groups (broad SMARTS) is 1. The van der Waals surface area contributed by atoms with Crippen LogP contribution in [-0.2, 0) is 4.79 Å². The van der Waals surface area contributed by atoms with E-state index in [4.69, 9.17) is 14.3 Å². The molecule has 0 spiro atoms. The molecule has 8 nitrogen and oxygen atoms in total. The van der Waals surface area contributed by atoms with Crippen molar-refractivity contribution in [1.29, 1.82) is 0 Å². The number of carboxylic acids is 1. The molecule has 0 saturated heterocycles. The molecule has 0 aliphatic heterocycles. The first kappa shape index (κ1) is 21.7. The molecule has 0 unspecified atom stereocenters. The number of alkyl halides is 3. The molecule has 2 heterocycles. The molecule has 2 aromatic heterocycles. The molecule has 1 aromatic carbocycles. The summed E-state index contributed by atoms with van der Waals surface area (Å²) in [6.45, 7) is 5.70. The van der Waals surface area contributed by atoms with Gasteiger partial charge in [0.15, 0.2) is 12.1 Å². The number of aryl methyl sites for hydroxylation is 2. The van der Waals surface area contributed by atoms with Crippen molar-refractivity contribution in [3.8, 4) is 5.69 Å². The van der Waals surface area contributed by atoms with Crippen LogP contribution < -0.4 is 5.32 Å². The lowest BCUT2D eigenvalue weighted by Crippen LogP contribution is -2.21. The molecule has 3 aromatic rings. The van der Waals surface area contributed by atoms with Gasteiger partial charge in [-0.2, -0.15) is 13.2 Å². The van der Waals surface area contributed by atoms with E-state index in [1.165, 1.54) is 6.39 Å². The second-order valence-corrected chi connectivity index (χ2v) is 5.85. The zero-order valence-corrected chi connectivity index (χ0v) is 15.6. The lowest BCUT2D eigenvalue weighted by Gasteiger charge is -2.08. The predicted molar refractivity (Wildman–Crippen MR) is 95.9 cm³/mol. The van der Waals surface area contributed by atoms with Crippen LogP contribution in [0.15, 0.2) is 41.4 Å². The van der Waals surface area contributed by atoms with Gasteiger partial charge < -0.3 is 19.4 Å². The van der Waals surface area contributed by atoms with Crippen LogP contribution in [0.5, 0.6) is 0 Å². The molecule has 3 rings (SSSR count). The van der Waals surface area contributed by atoms with Gasteiger partial charge in [-0.3, -0.25) is 4.79 Å². The van der Waals surface area contributed by atoms with Crippen LogP contribution in [-0.4, -0.2) is 37.7 Å². The van der Waals surface area contributed by atoms with Crippen molar-refractivity contribution >= 4 is 17.6 Å². The maximum Gasteiger partial charge on any atom is 0.490 e. The Morgan fingerprint density at radius 3 is 2.10 bits per heavy atom. The molecule has 0 radical (unpaired) electrons. The third-order valence-electron chi connectivity index (χ3n) is 3.86. The molecule has 0 fully saturated rings. The summed E-state index contributed by atoms with van der Waals surface area (Å²) < 4.78 is 38.8.